The minimum atomic E-state index is -0.859. The van der Waals surface area contributed by atoms with Gasteiger partial charge in [0.2, 0.25) is 5.82 Å². The summed E-state index contributed by atoms with van der Waals surface area (Å²) in [6.45, 7) is 2.37. The highest BCUT2D eigenvalue weighted by molar-refractivity contribution is 5.47. The van der Waals surface area contributed by atoms with Crippen LogP contribution in [0.25, 0.3) is 0 Å². The maximum atomic E-state index is 13.4. The van der Waals surface area contributed by atoms with Crippen LogP contribution in [-0.4, -0.2) is 24.6 Å². The Morgan fingerprint density at radius 2 is 2.37 bits per heavy atom. The molecule has 1 atom stereocenters. The zero-order valence-electron chi connectivity index (χ0n) is 10.6. The lowest BCUT2D eigenvalue weighted by atomic mass is 9.97. The predicted octanol–water partition coefficient (Wildman–Crippen LogP) is 2.50. The molecule has 1 aliphatic rings. The van der Waals surface area contributed by atoms with Crippen LogP contribution in [0, 0.1) is 21.8 Å². The highest BCUT2D eigenvalue weighted by Gasteiger charge is 2.21. The molecular formula is C13H17FN2O3. The molecule has 0 saturated carbocycles. The van der Waals surface area contributed by atoms with Gasteiger partial charge in [-0.3, -0.25) is 10.1 Å². The monoisotopic (exact) mass is 268 g/mol. The van der Waals surface area contributed by atoms with Crippen LogP contribution in [0.2, 0.25) is 0 Å². The molecule has 5 nitrogen and oxygen atoms in total. The Morgan fingerprint density at radius 3 is 3.05 bits per heavy atom. The fraction of sp³-hybridized carbons (Fsp3) is 0.538. The molecule has 19 heavy (non-hydrogen) atoms. The van der Waals surface area contributed by atoms with Crippen LogP contribution in [0.4, 0.5) is 10.1 Å². The summed E-state index contributed by atoms with van der Waals surface area (Å²) in [6, 6.07) is 3.91. The lowest BCUT2D eigenvalue weighted by Crippen LogP contribution is -2.30. The molecule has 0 bridgehead atoms. The van der Waals surface area contributed by atoms with Crippen molar-refractivity contribution in [3.05, 3.63) is 34.1 Å². The number of hydrogen-bond acceptors (Lipinski definition) is 4. The lowest BCUT2D eigenvalue weighted by Gasteiger charge is -2.22. The van der Waals surface area contributed by atoms with E-state index < -0.39 is 16.4 Å². The van der Waals surface area contributed by atoms with Crippen LogP contribution in [-0.2, 0) is 0 Å². The van der Waals surface area contributed by atoms with E-state index in [-0.39, 0.29) is 5.75 Å². The highest BCUT2D eigenvalue weighted by Crippen LogP contribution is 2.29. The normalized spacial score (nSPS) is 19.1. The van der Waals surface area contributed by atoms with Gasteiger partial charge >= 0.3 is 5.69 Å². The number of benzene rings is 1. The van der Waals surface area contributed by atoms with Crippen molar-refractivity contribution >= 4 is 5.69 Å². The Bertz CT molecular complexity index is 448. The molecule has 1 heterocycles. The van der Waals surface area contributed by atoms with Crippen LogP contribution in [0.5, 0.6) is 5.75 Å². The van der Waals surface area contributed by atoms with Gasteiger partial charge in [0.05, 0.1) is 11.5 Å². The van der Waals surface area contributed by atoms with Crippen molar-refractivity contribution in [3.63, 3.8) is 0 Å². The van der Waals surface area contributed by atoms with E-state index in [1.807, 2.05) is 0 Å². The zero-order chi connectivity index (χ0) is 13.7. The summed E-state index contributed by atoms with van der Waals surface area (Å²) < 4.78 is 18.7. The second kappa shape index (κ2) is 6.47. The van der Waals surface area contributed by atoms with Crippen LogP contribution >= 0.6 is 0 Å². The molecule has 0 amide bonds. The molecule has 1 unspecified atom stereocenters. The molecule has 1 N–H and O–H groups in total. The average Bonchev–Trinajstić information content (AvgIpc) is 2.39. The molecule has 0 radical (unpaired) electrons. The molecule has 0 aliphatic carbocycles. The lowest BCUT2D eigenvalue weighted by molar-refractivity contribution is -0.388. The van der Waals surface area contributed by atoms with Gasteiger partial charge in [-0.25, -0.2) is 0 Å². The van der Waals surface area contributed by atoms with Crippen LogP contribution in [0.1, 0.15) is 19.3 Å². The van der Waals surface area contributed by atoms with E-state index in [9.17, 15) is 14.5 Å². The first-order valence-electron chi connectivity index (χ1n) is 6.45. The highest BCUT2D eigenvalue weighted by atomic mass is 19.1. The van der Waals surface area contributed by atoms with Gasteiger partial charge < -0.3 is 10.1 Å². The topological polar surface area (TPSA) is 64.4 Å². The van der Waals surface area contributed by atoms with Crippen LogP contribution in [0.3, 0.4) is 0 Å². The summed E-state index contributed by atoms with van der Waals surface area (Å²) in [4.78, 5) is 10.0. The number of nitro benzene ring substituents is 1. The Balaban J connectivity index is 1.92. The largest absolute Gasteiger partial charge is 0.487 e. The predicted molar refractivity (Wildman–Crippen MR) is 68.8 cm³/mol. The van der Waals surface area contributed by atoms with Crippen molar-refractivity contribution in [3.8, 4) is 5.75 Å². The van der Waals surface area contributed by atoms with E-state index >= 15 is 0 Å². The summed E-state index contributed by atoms with van der Waals surface area (Å²) in [5, 5.41) is 14.1. The van der Waals surface area contributed by atoms with Gasteiger partial charge in [-0.1, -0.05) is 6.07 Å². The third kappa shape index (κ3) is 3.64. The summed E-state index contributed by atoms with van der Waals surface area (Å²) in [5.41, 5.74) is -0.579. The van der Waals surface area contributed by atoms with Crippen molar-refractivity contribution < 1.29 is 14.1 Å². The fourth-order valence-electron chi connectivity index (χ4n) is 2.30. The van der Waals surface area contributed by atoms with Gasteiger partial charge in [0.15, 0.2) is 5.75 Å². The molecule has 1 saturated heterocycles. The summed E-state index contributed by atoms with van der Waals surface area (Å²) in [7, 11) is 0. The Labute approximate surface area is 110 Å². The van der Waals surface area contributed by atoms with Crippen molar-refractivity contribution in [2.75, 3.05) is 19.7 Å². The van der Waals surface area contributed by atoms with E-state index in [1.54, 1.807) is 0 Å². The fourth-order valence-corrected chi connectivity index (χ4v) is 2.30. The van der Waals surface area contributed by atoms with Crippen molar-refractivity contribution in [1.29, 1.82) is 0 Å². The third-order valence-electron chi connectivity index (χ3n) is 3.31. The number of para-hydroxylation sites is 1. The number of hydrogen-bond donors (Lipinski definition) is 1. The number of nitro groups is 1. The van der Waals surface area contributed by atoms with Crippen molar-refractivity contribution in [1.82, 2.24) is 5.32 Å². The Hall–Kier alpha value is -1.69. The maximum absolute atomic E-state index is 13.4. The number of piperidine rings is 1. The van der Waals surface area contributed by atoms with Gasteiger partial charge in [0.25, 0.3) is 0 Å². The molecule has 6 heteroatoms. The number of ether oxygens (including phenoxy) is 1. The number of halogens is 1. The minimum Gasteiger partial charge on any atom is -0.487 e. The van der Waals surface area contributed by atoms with Crippen LogP contribution in [0.15, 0.2) is 18.2 Å². The van der Waals surface area contributed by atoms with Gasteiger partial charge in [-0.2, -0.15) is 4.39 Å². The molecular weight excluding hydrogens is 251 g/mol. The van der Waals surface area contributed by atoms with Gasteiger partial charge in [-0.15, -0.1) is 0 Å². The zero-order valence-corrected chi connectivity index (χ0v) is 10.6. The van der Waals surface area contributed by atoms with Crippen molar-refractivity contribution in [2.24, 2.45) is 5.92 Å². The number of nitrogens with one attached hydrogen (secondary N) is 1. The minimum absolute atomic E-state index is 0.00812. The smallest absolute Gasteiger partial charge is 0.346 e. The van der Waals surface area contributed by atoms with E-state index in [4.69, 9.17) is 4.74 Å². The summed E-state index contributed by atoms with van der Waals surface area (Å²) in [5.74, 6) is -0.322. The molecule has 1 aliphatic heterocycles. The average molecular weight is 268 g/mol. The number of rotatable bonds is 5. The molecule has 1 aromatic rings. The molecule has 1 aromatic carbocycles. The summed E-state index contributed by atoms with van der Waals surface area (Å²) >= 11 is 0. The number of nitrogens with zero attached hydrogens (tertiary/aromatic N) is 1. The third-order valence-corrected chi connectivity index (χ3v) is 3.31. The molecule has 1 fully saturated rings. The van der Waals surface area contributed by atoms with Crippen molar-refractivity contribution in [2.45, 2.75) is 19.3 Å². The first-order valence-corrected chi connectivity index (χ1v) is 6.45. The molecule has 0 aromatic heterocycles. The summed E-state index contributed by atoms with van der Waals surface area (Å²) in [6.07, 6.45) is 3.10. The first-order chi connectivity index (χ1) is 9.18. The second-order valence-electron chi connectivity index (χ2n) is 4.69. The van der Waals surface area contributed by atoms with Gasteiger partial charge in [-0.05, 0) is 50.4 Å². The van der Waals surface area contributed by atoms with E-state index in [0.29, 0.717) is 12.5 Å². The first kappa shape index (κ1) is 13.7. The molecule has 0 spiro atoms. The molecule has 2 rings (SSSR count). The quantitative estimate of drug-likeness (QED) is 0.658. The van der Waals surface area contributed by atoms with Crippen LogP contribution < -0.4 is 10.1 Å². The second-order valence-corrected chi connectivity index (χ2v) is 4.69. The maximum Gasteiger partial charge on any atom is 0.346 e. The Kier molecular flexibility index (Phi) is 4.68. The van der Waals surface area contributed by atoms with E-state index in [2.05, 4.69) is 5.32 Å². The van der Waals surface area contributed by atoms with Gasteiger partial charge in [0, 0.05) is 0 Å². The van der Waals surface area contributed by atoms with Gasteiger partial charge in [0.1, 0.15) is 0 Å². The van der Waals surface area contributed by atoms with E-state index in [0.717, 1.165) is 38.4 Å². The standard InChI is InChI=1S/C13H17FN2O3/c14-11-4-1-5-12(13(11)16(17)18)19-8-6-10-3-2-7-15-9-10/h1,4-5,10,15H,2-3,6-9H2. The van der Waals surface area contributed by atoms with E-state index in [1.165, 1.54) is 12.1 Å². The molecule has 104 valence electrons. The SMILES string of the molecule is O=[N+]([O-])c1c(F)cccc1OCCC1CCCNC1. The Morgan fingerprint density at radius 1 is 1.53 bits per heavy atom.